The Bertz CT molecular complexity index is 62.2. The van der Waals surface area contributed by atoms with Crippen molar-refractivity contribution < 1.29 is 41.0 Å². The molecule has 0 saturated heterocycles. The Morgan fingerprint density at radius 3 is 1.12 bits per heavy atom. The largest absolute Gasteiger partial charge is 0 e. The fourth-order valence-electron chi connectivity index (χ4n) is 0. The number of halogens is 1. The van der Waals surface area contributed by atoms with Gasteiger partial charge in [0, 0.05) is 17.1 Å². The summed E-state index contributed by atoms with van der Waals surface area (Å²) in [5.74, 6) is 0. The molecule has 0 heterocycles. The molecule has 0 aliphatic rings. The first-order valence-electron chi connectivity index (χ1n) is 0.783. The molecule has 0 aromatic heterocycles. The minimum absolute atomic E-state index is 0. The molecule has 0 fully saturated rings. The van der Waals surface area contributed by atoms with Crippen LogP contribution in [0.5, 0.6) is 0 Å². The molecule has 1 radical (unpaired) electrons. The fraction of sp³-hybridized carbons (Fsp3) is 0. The van der Waals surface area contributed by atoms with Crippen LogP contribution in [0.1, 0.15) is 0 Å². The van der Waals surface area contributed by atoms with Crippen LogP contribution in [0.3, 0.4) is 0 Å². The van der Waals surface area contributed by atoms with E-state index in [2.05, 4.69) is 0 Å². The van der Waals surface area contributed by atoms with Crippen LogP contribution in [-0.2, 0) is 21.6 Å². The zero-order valence-corrected chi connectivity index (χ0v) is 5.06. The number of hydrogen-bond donors (Lipinski definition) is 3. The maximum atomic E-state index is 8.88. The summed E-state index contributed by atoms with van der Waals surface area (Å²) in [5, 5.41) is 0. The average molecular weight is 213 g/mol. The van der Waals surface area contributed by atoms with Crippen molar-refractivity contribution in [2.24, 2.45) is 0 Å². The van der Waals surface area contributed by atoms with Crippen LogP contribution >= 0.6 is 7.82 Å². The van der Waals surface area contributed by atoms with Crippen molar-refractivity contribution in [3.8, 4) is 0 Å². The quantitative estimate of drug-likeness (QED) is 0.340. The summed E-state index contributed by atoms with van der Waals surface area (Å²) in [7, 11) is -4.64. The third-order valence-electron chi connectivity index (χ3n) is 0. The first-order valence-corrected chi connectivity index (χ1v) is 2.35. The molecule has 8 heteroatoms. The van der Waals surface area contributed by atoms with Gasteiger partial charge < -0.3 is 14.7 Å². The van der Waals surface area contributed by atoms with E-state index >= 15 is 0 Å². The van der Waals surface area contributed by atoms with E-state index in [0.717, 1.165) is 0 Å². The number of phosphoric acid groups is 1. The van der Waals surface area contributed by atoms with Gasteiger partial charge in [-0.1, -0.05) is 0 Å². The minimum Gasteiger partial charge on any atom is 0 e. The molecule has 4 nitrogen and oxygen atoms in total. The van der Waals surface area contributed by atoms with Crippen molar-refractivity contribution >= 4 is 59.2 Å². The fourth-order valence-corrected chi connectivity index (χ4v) is 0. The van der Waals surface area contributed by atoms with Gasteiger partial charge in [-0.3, -0.25) is 4.70 Å². The molecule has 0 aromatic rings. The van der Waals surface area contributed by atoms with Crippen LogP contribution in [0.15, 0.2) is 0 Å². The van der Waals surface area contributed by atoms with Crippen LogP contribution in [0, 0.1) is 0 Å². The zero-order valence-electron chi connectivity index (χ0n) is 2.98. The summed E-state index contributed by atoms with van der Waals surface area (Å²) in [6, 6.07) is 0. The van der Waals surface area contributed by atoms with Crippen molar-refractivity contribution in [1.82, 2.24) is 0 Å². The van der Waals surface area contributed by atoms with Crippen molar-refractivity contribution in [3.63, 3.8) is 0 Å². The van der Waals surface area contributed by atoms with E-state index in [9.17, 15) is 0 Å². The minimum atomic E-state index is -4.64. The molecule has 49 valence electrons. The van der Waals surface area contributed by atoms with E-state index in [1.165, 1.54) is 0 Å². The molecule has 0 atom stereocenters. The molecule has 0 rings (SSSR count). The molecule has 8 heavy (non-hydrogen) atoms. The van der Waals surface area contributed by atoms with Gasteiger partial charge in [0.05, 0.1) is 0 Å². The predicted octanol–water partition coefficient (Wildman–Crippen LogP) is -1.43. The van der Waals surface area contributed by atoms with Crippen molar-refractivity contribution in [2.75, 3.05) is 0 Å². The second-order valence-corrected chi connectivity index (χ2v) is 1.54. The molecule has 0 unspecified atom stereocenters. The molecular formula is H5FKMnO4P. The van der Waals surface area contributed by atoms with Gasteiger partial charge in [0.25, 0.3) is 0 Å². The summed E-state index contributed by atoms with van der Waals surface area (Å²) in [6.07, 6.45) is 0. The molecule has 0 spiro atoms. The smallest absolute Gasteiger partial charge is 0 e. The van der Waals surface area contributed by atoms with E-state index in [1.54, 1.807) is 0 Å². The van der Waals surface area contributed by atoms with E-state index in [1.807, 2.05) is 0 Å². The van der Waals surface area contributed by atoms with E-state index in [-0.39, 0.29) is 73.2 Å². The first kappa shape index (κ1) is 22.5. The van der Waals surface area contributed by atoms with Gasteiger partial charge in [0.15, 0.2) is 0 Å². The summed E-state index contributed by atoms with van der Waals surface area (Å²) in [6.45, 7) is 0. The Hall–Kier alpha value is 2.20. The van der Waals surface area contributed by atoms with Gasteiger partial charge in [-0.15, -0.1) is 0 Å². The van der Waals surface area contributed by atoms with Gasteiger partial charge in [-0.2, -0.15) is 0 Å². The van der Waals surface area contributed by atoms with E-state index in [4.69, 9.17) is 19.2 Å². The summed E-state index contributed by atoms with van der Waals surface area (Å²) in [4.78, 5) is 21.6. The molecule has 0 saturated carbocycles. The number of rotatable bonds is 0. The maximum Gasteiger partial charge on any atom is 0 e. The van der Waals surface area contributed by atoms with Crippen molar-refractivity contribution in [1.29, 1.82) is 0 Å². The first-order chi connectivity index (χ1) is 2.00. The SMILES string of the molecule is F.O=P(O)(O)O.[KH].[Mn]. The maximum absolute atomic E-state index is 8.88. The van der Waals surface area contributed by atoms with Crippen molar-refractivity contribution in [2.45, 2.75) is 0 Å². The van der Waals surface area contributed by atoms with Crippen LogP contribution in [-0.4, -0.2) is 66.1 Å². The Kier molecular flexibility index (Phi) is 25.8. The Labute approximate surface area is 98.6 Å². The molecule has 0 aromatic carbocycles. The van der Waals surface area contributed by atoms with Gasteiger partial charge in [-0.05, 0) is 0 Å². The number of hydrogen-bond acceptors (Lipinski definition) is 1. The molecule has 0 aliphatic heterocycles. The van der Waals surface area contributed by atoms with Crippen LogP contribution in [0.2, 0.25) is 0 Å². The third-order valence-corrected chi connectivity index (χ3v) is 0. The third kappa shape index (κ3) is 88.0. The molecule has 0 amide bonds. The Morgan fingerprint density at radius 1 is 1.12 bits per heavy atom. The van der Waals surface area contributed by atoms with Crippen molar-refractivity contribution in [3.05, 3.63) is 0 Å². The van der Waals surface area contributed by atoms with Crippen LogP contribution in [0.4, 0.5) is 4.70 Å². The van der Waals surface area contributed by atoms with Crippen LogP contribution in [0.25, 0.3) is 0 Å². The zero-order chi connectivity index (χ0) is 4.50. The average Bonchev–Trinajstić information content (AvgIpc) is 0.722. The monoisotopic (exact) mass is 213 g/mol. The predicted molar refractivity (Wildman–Crippen MR) is 23.9 cm³/mol. The molecule has 0 bridgehead atoms. The van der Waals surface area contributed by atoms with E-state index < -0.39 is 7.82 Å². The second kappa shape index (κ2) is 9.20. The Morgan fingerprint density at radius 2 is 1.12 bits per heavy atom. The van der Waals surface area contributed by atoms with E-state index in [0.29, 0.717) is 0 Å². The molecule has 0 aliphatic carbocycles. The molecule has 3 N–H and O–H groups in total. The van der Waals surface area contributed by atoms with Gasteiger partial charge >= 0.3 is 59.2 Å². The summed E-state index contributed by atoms with van der Waals surface area (Å²) in [5.41, 5.74) is 0. The van der Waals surface area contributed by atoms with Crippen LogP contribution < -0.4 is 0 Å². The normalized spacial score (nSPS) is 7.38. The topological polar surface area (TPSA) is 77.8 Å². The summed E-state index contributed by atoms with van der Waals surface area (Å²) >= 11 is 0. The Balaban J connectivity index is -0.0000000267. The molecular weight excluding hydrogens is 208 g/mol. The summed E-state index contributed by atoms with van der Waals surface area (Å²) < 4.78 is 8.88. The van der Waals surface area contributed by atoms with Gasteiger partial charge in [0.2, 0.25) is 0 Å². The second-order valence-electron chi connectivity index (χ2n) is 0.513. The standard InChI is InChI=1S/FH.K.Mn.H3O4P.H/c;;;1-5(2,3)4;/h1H;;;(H3,1,2,3,4);. The van der Waals surface area contributed by atoms with Gasteiger partial charge in [0.1, 0.15) is 0 Å². The van der Waals surface area contributed by atoms with Gasteiger partial charge in [-0.25, -0.2) is 4.57 Å².